The number of hydrogen-bond acceptors (Lipinski definition) is 3. The van der Waals surface area contributed by atoms with E-state index < -0.39 is 29.9 Å². The van der Waals surface area contributed by atoms with Crippen LogP contribution in [0.5, 0.6) is 11.5 Å². The van der Waals surface area contributed by atoms with Gasteiger partial charge in [0.25, 0.3) is 0 Å². The van der Waals surface area contributed by atoms with Crippen LogP contribution in [-0.4, -0.2) is 23.3 Å². The van der Waals surface area contributed by atoms with E-state index >= 15 is 0 Å². The van der Waals surface area contributed by atoms with E-state index in [0.717, 1.165) is 0 Å². The lowest BCUT2D eigenvalue weighted by Gasteiger charge is -2.02. The molecular formula is C10H10O4. The number of rotatable bonds is 3. The number of aromatic hydroxyl groups is 1. The fourth-order valence-corrected chi connectivity index (χ4v) is 0.827. The van der Waals surface area contributed by atoms with Crippen LogP contribution in [0.15, 0.2) is 24.2 Å². The van der Waals surface area contributed by atoms with Crippen molar-refractivity contribution in [1.29, 1.82) is 0 Å². The number of phenols is 1. The van der Waals surface area contributed by atoms with Crippen molar-refractivity contribution in [3.63, 3.8) is 0 Å². The van der Waals surface area contributed by atoms with E-state index in [4.69, 9.17) is 14.0 Å². The molecule has 0 bridgehead atoms. The molecule has 0 radical (unpaired) electrons. The van der Waals surface area contributed by atoms with Gasteiger partial charge in [-0.1, -0.05) is 6.07 Å². The molecule has 4 heteroatoms. The zero-order valence-electron chi connectivity index (χ0n) is 10.4. The molecule has 1 aromatic carbocycles. The highest BCUT2D eigenvalue weighted by atomic mass is 16.5. The smallest absolute Gasteiger partial charge is 0.328 e. The van der Waals surface area contributed by atoms with E-state index in [2.05, 4.69) is 0 Å². The third-order valence-corrected chi connectivity index (χ3v) is 1.41. The lowest BCUT2D eigenvalue weighted by molar-refractivity contribution is -0.131. The molecule has 0 unspecified atom stereocenters. The molecule has 1 aromatic rings. The molecule has 0 aromatic heterocycles. The Labute approximate surface area is 85.3 Å². The van der Waals surface area contributed by atoms with Gasteiger partial charge in [0, 0.05) is 6.05 Å². The third-order valence-electron chi connectivity index (χ3n) is 1.41. The first kappa shape index (κ1) is 6.48. The summed E-state index contributed by atoms with van der Waals surface area (Å²) < 4.78 is 26.9. The zero-order valence-corrected chi connectivity index (χ0v) is 7.37. The van der Waals surface area contributed by atoms with Gasteiger partial charge in [-0.25, -0.2) is 4.79 Å². The number of aliphatic carboxylic acids is 1. The summed E-state index contributed by atoms with van der Waals surface area (Å²) in [5, 5.41) is 18.1. The van der Waals surface area contributed by atoms with E-state index in [9.17, 15) is 9.90 Å². The molecule has 0 aliphatic carbocycles. The summed E-state index contributed by atoms with van der Waals surface area (Å²) in [4.78, 5) is 10.5. The van der Waals surface area contributed by atoms with Gasteiger partial charge in [0.05, 0.1) is 11.2 Å². The second kappa shape index (κ2) is 4.32. The van der Waals surface area contributed by atoms with Crippen molar-refractivity contribution < 1.29 is 23.9 Å². The molecule has 0 aliphatic rings. The second-order valence-corrected chi connectivity index (χ2v) is 2.34. The van der Waals surface area contributed by atoms with Gasteiger partial charge in [0.15, 0.2) is 11.5 Å². The Morgan fingerprint density at radius 1 is 1.71 bits per heavy atom. The third kappa shape index (κ3) is 2.52. The van der Waals surface area contributed by atoms with Crippen LogP contribution in [-0.2, 0) is 4.79 Å². The molecule has 1 rings (SSSR count). The average molecular weight is 197 g/mol. The van der Waals surface area contributed by atoms with E-state index in [1.165, 1.54) is 19.2 Å². The highest BCUT2D eigenvalue weighted by molar-refractivity contribution is 5.85. The summed E-state index contributed by atoms with van der Waals surface area (Å²) in [6.07, 6.45) is 0. The lowest BCUT2D eigenvalue weighted by atomic mass is 10.2. The number of ether oxygens (including phenoxy) is 1. The quantitative estimate of drug-likeness (QED) is 0.720. The molecule has 0 fully saturated rings. The van der Waals surface area contributed by atoms with Gasteiger partial charge in [0.2, 0.25) is 0 Å². The largest absolute Gasteiger partial charge is 0.504 e. The minimum Gasteiger partial charge on any atom is -0.504 e. The van der Waals surface area contributed by atoms with Crippen LogP contribution in [0.3, 0.4) is 0 Å². The second-order valence-electron chi connectivity index (χ2n) is 2.34. The molecule has 0 saturated heterocycles. The Bertz CT molecular complexity index is 497. The Kier molecular flexibility index (Phi) is 2.00. The van der Waals surface area contributed by atoms with E-state index in [0.29, 0.717) is 0 Å². The van der Waals surface area contributed by atoms with Crippen molar-refractivity contribution >= 4 is 12.0 Å². The number of carboxylic acid groups (broad SMARTS) is 1. The molecule has 0 saturated carbocycles. The molecule has 0 amide bonds. The van der Waals surface area contributed by atoms with Crippen molar-refractivity contribution in [3.8, 4) is 11.5 Å². The summed E-state index contributed by atoms with van der Waals surface area (Å²) in [7, 11) is 1.30. The number of phenolic OH excluding ortho intramolecular Hbond substituents is 1. The number of methoxy groups -OCH3 is 1. The Morgan fingerprint density at radius 2 is 2.43 bits per heavy atom. The summed E-state index contributed by atoms with van der Waals surface area (Å²) in [6, 6.07) is 0.524. The van der Waals surface area contributed by atoms with Crippen molar-refractivity contribution in [3.05, 3.63) is 29.8 Å². The molecule has 0 heterocycles. The van der Waals surface area contributed by atoms with Gasteiger partial charge >= 0.3 is 5.97 Å². The zero-order chi connectivity index (χ0) is 13.2. The first-order valence-electron chi connectivity index (χ1n) is 5.17. The van der Waals surface area contributed by atoms with Crippen LogP contribution in [0.4, 0.5) is 0 Å². The van der Waals surface area contributed by atoms with Gasteiger partial charge in [-0.15, -0.1) is 0 Å². The molecule has 14 heavy (non-hydrogen) atoms. The Balaban J connectivity index is 3.40. The lowest BCUT2D eigenvalue weighted by Crippen LogP contribution is -1.86. The van der Waals surface area contributed by atoms with Crippen LogP contribution in [0, 0.1) is 0 Å². The maximum absolute atomic E-state index is 10.5. The van der Waals surface area contributed by atoms with E-state index in [1.54, 1.807) is 0 Å². The minimum absolute atomic E-state index is 0.0494. The van der Waals surface area contributed by atoms with Crippen molar-refractivity contribution in [2.45, 2.75) is 0 Å². The van der Waals surface area contributed by atoms with Crippen LogP contribution in [0.1, 0.15) is 9.68 Å². The highest BCUT2D eigenvalue weighted by Gasteiger charge is 2.00. The molecule has 74 valence electrons. The summed E-state index contributed by atoms with van der Waals surface area (Å²) in [5.41, 5.74) is -0.143. The van der Waals surface area contributed by atoms with Gasteiger partial charge in [-0.05, 0) is 23.7 Å². The number of hydrogen-bond donors (Lipinski definition) is 2. The fourth-order valence-electron chi connectivity index (χ4n) is 0.827. The van der Waals surface area contributed by atoms with Gasteiger partial charge in [-0.2, -0.15) is 0 Å². The minimum atomic E-state index is -1.57. The summed E-state index contributed by atoms with van der Waals surface area (Å²) in [5.74, 6) is -2.01. The molecule has 2 N–H and O–H groups in total. The summed E-state index contributed by atoms with van der Waals surface area (Å²) in [6.45, 7) is 0. The van der Waals surface area contributed by atoms with Gasteiger partial charge < -0.3 is 14.9 Å². The van der Waals surface area contributed by atoms with Crippen LogP contribution < -0.4 is 4.74 Å². The van der Waals surface area contributed by atoms with Gasteiger partial charge in [-0.3, -0.25) is 0 Å². The van der Waals surface area contributed by atoms with E-state index in [-0.39, 0.29) is 11.3 Å². The Hall–Kier alpha value is -1.97. The van der Waals surface area contributed by atoms with Crippen LogP contribution >= 0.6 is 0 Å². The first-order valence-corrected chi connectivity index (χ1v) is 3.67. The summed E-state index contributed by atoms with van der Waals surface area (Å²) >= 11 is 0. The SMILES string of the molecule is [2H]/C(C(=O)O)=C(/[2H])c1ccc(OC)c(O)c1[2H]. The number of benzene rings is 1. The monoisotopic (exact) mass is 197 g/mol. The predicted octanol–water partition coefficient (Wildman–Crippen LogP) is 1.50. The van der Waals surface area contributed by atoms with Crippen LogP contribution in [0.25, 0.3) is 6.05 Å². The highest BCUT2D eigenvalue weighted by Crippen LogP contribution is 2.26. The van der Waals surface area contributed by atoms with Gasteiger partial charge in [0.1, 0.15) is 0 Å². The molecular weight excluding hydrogens is 184 g/mol. The number of carboxylic acids is 1. The predicted molar refractivity (Wildman–Crippen MR) is 51.3 cm³/mol. The molecule has 0 atom stereocenters. The standard InChI is InChI=1S/C10H10O4/c1-14-9-4-2-7(6-8(9)11)3-5-10(12)13/h2-6,11H,1H3,(H,12,13)/b5-3+/i3D,5D,6D. The maximum Gasteiger partial charge on any atom is 0.328 e. The van der Waals surface area contributed by atoms with Crippen LogP contribution in [0.2, 0.25) is 0 Å². The van der Waals surface area contributed by atoms with E-state index in [1.807, 2.05) is 0 Å². The normalized spacial score (nSPS) is 14.8. The molecule has 0 aliphatic heterocycles. The van der Waals surface area contributed by atoms with Crippen molar-refractivity contribution in [2.75, 3.05) is 7.11 Å². The average Bonchev–Trinajstić information content (AvgIpc) is 2.30. The first-order chi connectivity index (χ1) is 7.90. The maximum atomic E-state index is 10.5. The van der Waals surface area contributed by atoms with Crippen molar-refractivity contribution in [1.82, 2.24) is 0 Å². The topological polar surface area (TPSA) is 66.8 Å². The molecule has 0 spiro atoms. The fraction of sp³-hybridized carbons (Fsp3) is 0.100. The molecule has 4 nitrogen and oxygen atoms in total. The Morgan fingerprint density at radius 3 is 3.00 bits per heavy atom. The van der Waals surface area contributed by atoms with Crippen molar-refractivity contribution in [2.24, 2.45) is 0 Å². The number of carbonyl (C=O) groups is 1.